The maximum Gasteiger partial charge on any atom is 0.185 e. The van der Waals surface area contributed by atoms with Gasteiger partial charge in [0, 0.05) is 29.1 Å². The van der Waals surface area contributed by atoms with E-state index in [1.807, 2.05) is 13.8 Å². The SMILES string of the molecule is CC(C)Nc1c(-c2c(F)cc(F)cc2F)c(Cl)nc2nnccc12. The van der Waals surface area contributed by atoms with Crippen LogP contribution in [0.2, 0.25) is 5.15 Å². The Morgan fingerprint density at radius 3 is 2.38 bits per heavy atom. The van der Waals surface area contributed by atoms with Crippen LogP contribution in [0.1, 0.15) is 13.8 Å². The van der Waals surface area contributed by atoms with Crippen LogP contribution in [0.25, 0.3) is 22.2 Å². The molecule has 0 radical (unpaired) electrons. The molecule has 124 valence electrons. The van der Waals surface area contributed by atoms with Gasteiger partial charge in [-0.1, -0.05) is 11.6 Å². The smallest absolute Gasteiger partial charge is 0.185 e. The molecule has 3 aromatic rings. The molecule has 0 aliphatic rings. The molecule has 0 bridgehead atoms. The van der Waals surface area contributed by atoms with Gasteiger partial charge in [-0.15, -0.1) is 5.10 Å². The molecule has 0 unspecified atom stereocenters. The van der Waals surface area contributed by atoms with E-state index < -0.39 is 23.0 Å². The van der Waals surface area contributed by atoms with E-state index in [-0.39, 0.29) is 22.4 Å². The van der Waals surface area contributed by atoms with Crippen molar-refractivity contribution in [1.82, 2.24) is 15.2 Å². The highest BCUT2D eigenvalue weighted by Crippen LogP contribution is 2.41. The zero-order valence-electron chi connectivity index (χ0n) is 12.7. The van der Waals surface area contributed by atoms with E-state index in [0.717, 1.165) is 0 Å². The van der Waals surface area contributed by atoms with E-state index in [2.05, 4.69) is 20.5 Å². The van der Waals surface area contributed by atoms with Crippen LogP contribution in [0.5, 0.6) is 0 Å². The van der Waals surface area contributed by atoms with Crippen molar-refractivity contribution < 1.29 is 13.2 Å². The second-order valence-corrected chi connectivity index (χ2v) is 5.82. The Hall–Kier alpha value is -2.41. The quantitative estimate of drug-likeness (QED) is 0.701. The number of hydrogen-bond acceptors (Lipinski definition) is 4. The van der Waals surface area contributed by atoms with Gasteiger partial charge in [0.05, 0.1) is 17.4 Å². The molecule has 0 spiro atoms. The Morgan fingerprint density at radius 1 is 1.08 bits per heavy atom. The number of halogens is 4. The maximum absolute atomic E-state index is 14.3. The number of nitrogens with zero attached hydrogens (tertiary/aromatic N) is 3. The highest BCUT2D eigenvalue weighted by molar-refractivity contribution is 6.33. The first-order chi connectivity index (χ1) is 11.4. The first-order valence-electron chi connectivity index (χ1n) is 7.11. The van der Waals surface area contributed by atoms with Gasteiger partial charge in [0.2, 0.25) is 0 Å². The molecule has 0 saturated carbocycles. The van der Waals surface area contributed by atoms with E-state index in [1.54, 1.807) is 6.07 Å². The molecule has 0 fully saturated rings. The van der Waals surface area contributed by atoms with Crippen molar-refractivity contribution in [2.45, 2.75) is 19.9 Å². The molecular formula is C16H12ClF3N4. The third-order valence-electron chi connectivity index (χ3n) is 3.32. The van der Waals surface area contributed by atoms with Crippen LogP contribution in [0.3, 0.4) is 0 Å². The summed E-state index contributed by atoms with van der Waals surface area (Å²) in [6.07, 6.45) is 1.44. The molecule has 0 atom stereocenters. The highest BCUT2D eigenvalue weighted by atomic mass is 35.5. The van der Waals surface area contributed by atoms with Crippen molar-refractivity contribution in [3.05, 3.63) is 47.0 Å². The number of aromatic nitrogens is 3. The maximum atomic E-state index is 14.3. The lowest BCUT2D eigenvalue weighted by Gasteiger charge is -2.18. The van der Waals surface area contributed by atoms with Gasteiger partial charge in [-0.2, -0.15) is 5.10 Å². The molecule has 2 aromatic heterocycles. The van der Waals surface area contributed by atoms with Crippen molar-refractivity contribution in [3.63, 3.8) is 0 Å². The fraction of sp³-hybridized carbons (Fsp3) is 0.188. The van der Waals surface area contributed by atoms with Crippen molar-refractivity contribution >= 4 is 28.3 Å². The monoisotopic (exact) mass is 352 g/mol. The van der Waals surface area contributed by atoms with E-state index in [4.69, 9.17) is 11.6 Å². The van der Waals surface area contributed by atoms with Crippen molar-refractivity contribution in [2.24, 2.45) is 0 Å². The van der Waals surface area contributed by atoms with E-state index in [0.29, 0.717) is 23.2 Å². The summed E-state index contributed by atoms with van der Waals surface area (Å²) < 4.78 is 41.8. The lowest BCUT2D eigenvalue weighted by Crippen LogP contribution is -2.12. The van der Waals surface area contributed by atoms with E-state index in [1.165, 1.54) is 6.20 Å². The standard InChI is InChI=1S/C16H12ClF3N4/c1-7(2)22-14-9-3-4-21-24-16(9)23-15(17)13(14)12-10(19)5-8(18)6-11(12)20/h3-7H,1-2H3,(H,22,23,24). The minimum atomic E-state index is -1.07. The normalized spacial score (nSPS) is 11.3. The van der Waals surface area contributed by atoms with Gasteiger partial charge in [-0.3, -0.25) is 0 Å². The molecule has 4 nitrogen and oxygen atoms in total. The molecular weight excluding hydrogens is 341 g/mol. The second-order valence-electron chi connectivity index (χ2n) is 5.46. The molecule has 0 amide bonds. The van der Waals surface area contributed by atoms with Crippen LogP contribution in [0, 0.1) is 17.5 Å². The summed E-state index contributed by atoms with van der Waals surface area (Å²) in [7, 11) is 0. The Labute approximate surface area is 140 Å². The van der Waals surface area contributed by atoms with Crippen molar-refractivity contribution in [3.8, 4) is 11.1 Å². The average Bonchev–Trinajstić information content (AvgIpc) is 2.48. The van der Waals surface area contributed by atoms with Crippen molar-refractivity contribution in [1.29, 1.82) is 0 Å². The van der Waals surface area contributed by atoms with Crippen molar-refractivity contribution in [2.75, 3.05) is 5.32 Å². The third kappa shape index (κ3) is 2.87. The first kappa shape index (κ1) is 16.4. The Balaban J connectivity index is 2.41. The van der Waals surface area contributed by atoms with Crippen LogP contribution in [-0.4, -0.2) is 21.2 Å². The number of pyridine rings is 1. The minimum Gasteiger partial charge on any atom is -0.382 e. The molecule has 0 aliphatic carbocycles. The summed E-state index contributed by atoms with van der Waals surface area (Å²) in [6.45, 7) is 3.71. The van der Waals surface area contributed by atoms with Gasteiger partial charge in [-0.25, -0.2) is 18.2 Å². The van der Waals surface area contributed by atoms with E-state index >= 15 is 0 Å². The molecule has 24 heavy (non-hydrogen) atoms. The molecule has 0 aliphatic heterocycles. The van der Waals surface area contributed by atoms with Gasteiger partial charge >= 0.3 is 0 Å². The fourth-order valence-electron chi connectivity index (χ4n) is 2.44. The number of benzene rings is 1. The summed E-state index contributed by atoms with van der Waals surface area (Å²) in [6, 6.07) is 2.75. The Bertz CT molecular complexity index is 908. The average molecular weight is 353 g/mol. The molecule has 0 saturated heterocycles. The number of rotatable bonds is 3. The molecule has 3 rings (SSSR count). The highest BCUT2D eigenvalue weighted by Gasteiger charge is 2.23. The minimum absolute atomic E-state index is 0.0147. The van der Waals surface area contributed by atoms with Gasteiger partial charge in [0.25, 0.3) is 0 Å². The van der Waals surface area contributed by atoms with Crippen LogP contribution >= 0.6 is 11.6 Å². The van der Waals surface area contributed by atoms with Crippen LogP contribution in [0.4, 0.5) is 18.9 Å². The summed E-state index contributed by atoms with van der Waals surface area (Å²) in [5.41, 5.74) is 0.160. The van der Waals surface area contributed by atoms with Gasteiger partial charge in [0.15, 0.2) is 5.65 Å². The Morgan fingerprint density at radius 2 is 1.75 bits per heavy atom. The summed E-state index contributed by atoms with van der Waals surface area (Å²) in [4.78, 5) is 4.05. The number of nitrogens with one attached hydrogen (secondary N) is 1. The predicted octanol–water partition coefficient (Wildman–Crippen LogP) is 4.58. The van der Waals surface area contributed by atoms with Crippen LogP contribution in [0.15, 0.2) is 24.4 Å². The van der Waals surface area contributed by atoms with Gasteiger partial charge in [-0.05, 0) is 19.9 Å². The largest absolute Gasteiger partial charge is 0.382 e. The topological polar surface area (TPSA) is 50.7 Å². The zero-order valence-corrected chi connectivity index (χ0v) is 13.5. The first-order valence-corrected chi connectivity index (χ1v) is 7.48. The summed E-state index contributed by atoms with van der Waals surface area (Å²) in [5, 5.41) is 11.0. The summed E-state index contributed by atoms with van der Waals surface area (Å²) in [5.74, 6) is -3.14. The second kappa shape index (κ2) is 6.24. The molecule has 1 N–H and O–H groups in total. The summed E-state index contributed by atoms with van der Waals surface area (Å²) >= 11 is 6.16. The van der Waals surface area contributed by atoms with Crippen LogP contribution < -0.4 is 5.32 Å². The molecule has 2 heterocycles. The Kier molecular flexibility index (Phi) is 4.28. The lowest BCUT2D eigenvalue weighted by molar-refractivity contribution is 0.548. The predicted molar refractivity (Wildman–Crippen MR) is 86.4 cm³/mol. The van der Waals surface area contributed by atoms with Crippen LogP contribution in [-0.2, 0) is 0 Å². The number of hydrogen-bond donors (Lipinski definition) is 1. The molecule has 1 aromatic carbocycles. The molecule has 8 heteroatoms. The fourth-order valence-corrected chi connectivity index (χ4v) is 2.71. The van der Waals surface area contributed by atoms with Gasteiger partial charge in [0.1, 0.15) is 22.6 Å². The third-order valence-corrected chi connectivity index (χ3v) is 3.59. The van der Waals surface area contributed by atoms with Gasteiger partial charge < -0.3 is 5.32 Å². The number of fused-ring (bicyclic) bond motifs is 1. The lowest BCUT2D eigenvalue weighted by atomic mass is 10.0. The zero-order chi connectivity index (χ0) is 17.4. The van der Waals surface area contributed by atoms with E-state index in [9.17, 15) is 13.2 Å². The number of anilines is 1.